The molecule has 1 atom stereocenters. The predicted molar refractivity (Wildman–Crippen MR) is 101 cm³/mol. The van der Waals surface area contributed by atoms with Gasteiger partial charge in [0.2, 0.25) is 5.60 Å². The third-order valence-electron chi connectivity index (χ3n) is 4.75. The molecule has 1 unspecified atom stereocenters. The smallest absolute Gasteiger partial charge is 0.423 e. The van der Waals surface area contributed by atoms with Gasteiger partial charge in [-0.05, 0) is 42.0 Å². The van der Waals surface area contributed by atoms with Gasteiger partial charge in [-0.3, -0.25) is 15.1 Å². The number of fused-ring (bicyclic) bond motifs is 1. The Bertz CT molecular complexity index is 984. The van der Waals surface area contributed by atoms with E-state index in [-0.39, 0.29) is 22.6 Å². The van der Waals surface area contributed by atoms with E-state index in [0.29, 0.717) is 11.3 Å². The van der Waals surface area contributed by atoms with Gasteiger partial charge in [-0.1, -0.05) is 6.08 Å². The first-order valence-corrected chi connectivity index (χ1v) is 8.49. The summed E-state index contributed by atoms with van der Waals surface area (Å²) in [4.78, 5) is 14.3. The van der Waals surface area contributed by atoms with Crippen molar-refractivity contribution in [3.05, 3.63) is 75.3 Å². The molecule has 2 aromatic carbocycles. The summed E-state index contributed by atoms with van der Waals surface area (Å²) in [5.41, 5.74) is -1.43. The first-order valence-electron chi connectivity index (χ1n) is 8.49. The highest BCUT2D eigenvalue weighted by Crippen LogP contribution is 2.46. The number of hydrogen-bond donors (Lipinski definition) is 0. The molecular weight excluding hydrogens is 389 g/mol. The molecule has 0 amide bonds. The average Bonchev–Trinajstić information content (AvgIpc) is 2.70. The summed E-state index contributed by atoms with van der Waals surface area (Å²) >= 11 is 0. The lowest BCUT2D eigenvalue weighted by Gasteiger charge is -2.37. The Kier molecular flexibility index (Phi) is 5.43. The number of aliphatic imine (C=N–C) groups is 1. The van der Waals surface area contributed by atoms with Crippen LogP contribution in [0.15, 0.2) is 53.5 Å². The standard InChI is InChI=1S/C20H17F3N2O4/c1-28-15-8-9-16-17(11-15)19(29-2,20(21,22)23)12-24-18(16)10-5-13-3-6-14(7-4-13)25(26)27/h3-11H,12H2,1-2H3. The fourth-order valence-electron chi connectivity index (χ4n) is 3.13. The molecule has 0 bridgehead atoms. The van der Waals surface area contributed by atoms with E-state index in [0.717, 1.165) is 7.11 Å². The zero-order valence-electron chi connectivity index (χ0n) is 15.6. The van der Waals surface area contributed by atoms with Gasteiger partial charge in [0, 0.05) is 30.4 Å². The molecule has 152 valence electrons. The molecule has 1 heterocycles. The maximum absolute atomic E-state index is 13.9. The molecule has 2 aromatic rings. The number of nitrogens with zero attached hydrogens (tertiary/aromatic N) is 2. The van der Waals surface area contributed by atoms with Gasteiger partial charge in [0.25, 0.3) is 5.69 Å². The predicted octanol–water partition coefficient (Wildman–Crippen LogP) is 4.52. The number of hydrogen-bond acceptors (Lipinski definition) is 5. The molecule has 0 saturated carbocycles. The molecule has 3 rings (SSSR count). The average molecular weight is 406 g/mol. The molecule has 0 aromatic heterocycles. The van der Waals surface area contributed by atoms with E-state index in [2.05, 4.69) is 4.99 Å². The van der Waals surface area contributed by atoms with Gasteiger partial charge >= 0.3 is 6.18 Å². The van der Waals surface area contributed by atoms with Crippen molar-refractivity contribution in [3.8, 4) is 5.75 Å². The van der Waals surface area contributed by atoms with Crippen LogP contribution < -0.4 is 4.74 Å². The number of methoxy groups -OCH3 is 2. The van der Waals surface area contributed by atoms with E-state index in [1.165, 1.54) is 31.4 Å². The van der Waals surface area contributed by atoms with Gasteiger partial charge in [0.1, 0.15) is 5.75 Å². The number of nitro groups is 1. The molecule has 29 heavy (non-hydrogen) atoms. The van der Waals surface area contributed by atoms with Crippen LogP contribution in [-0.4, -0.2) is 37.6 Å². The van der Waals surface area contributed by atoms with Crippen molar-refractivity contribution in [2.45, 2.75) is 11.8 Å². The molecule has 0 radical (unpaired) electrons. The van der Waals surface area contributed by atoms with Gasteiger partial charge in [0.05, 0.1) is 24.3 Å². The molecule has 1 aliphatic rings. The van der Waals surface area contributed by atoms with Crippen LogP contribution in [0.3, 0.4) is 0 Å². The molecule has 9 heteroatoms. The van der Waals surface area contributed by atoms with Crippen molar-refractivity contribution in [1.29, 1.82) is 0 Å². The normalized spacial score (nSPS) is 19.0. The van der Waals surface area contributed by atoms with Crippen molar-refractivity contribution in [2.75, 3.05) is 20.8 Å². The fourth-order valence-corrected chi connectivity index (χ4v) is 3.13. The third kappa shape index (κ3) is 3.73. The summed E-state index contributed by atoms with van der Waals surface area (Å²) in [6, 6.07) is 10.1. The van der Waals surface area contributed by atoms with Gasteiger partial charge in [-0.2, -0.15) is 13.2 Å². The number of rotatable bonds is 5. The summed E-state index contributed by atoms with van der Waals surface area (Å²) in [5, 5.41) is 10.7. The molecule has 0 saturated heterocycles. The molecule has 0 fully saturated rings. The first kappa shape index (κ1) is 20.5. The number of ether oxygens (including phenoxy) is 2. The Labute approximate surface area is 164 Å². The lowest BCUT2D eigenvalue weighted by Crippen LogP contribution is -2.49. The summed E-state index contributed by atoms with van der Waals surface area (Å²) < 4.78 is 51.7. The van der Waals surface area contributed by atoms with Crippen molar-refractivity contribution >= 4 is 17.5 Å². The summed E-state index contributed by atoms with van der Waals surface area (Å²) in [5.74, 6) is 0.273. The summed E-state index contributed by atoms with van der Waals surface area (Å²) in [6.07, 6.45) is -1.48. The van der Waals surface area contributed by atoms with Crippen molar-refractivity contribution in [2.24, 2.45) is 4.99 Å². The van der Waals surface area contributed by atoms with Crippen LogP contribution in [0, 0.1) is 10.1 Å². The quantitative estimate of drug-likeness (QED) is 0.540. The highest BCUT2D eigenvalue weighted by molar-refractivity contribution is 6.12. The van der Waals surface area contributed by atoms with E-state index in [9.17, 15) is 23.3 Å². The molecule has 0 aliphatic carbocycles. The largest absolute Gasteiger partial charge is 0.497 e. The van der Waals surface area contributed by atoms with Crippen LogP contribution in [0.5, 0.6) is 5.75 Å². The van der Waals surface area contributed by atoms with Gasteiger partial charge in [0.15, 0.2) is 0 Å². The molecule has 0 spiro atoms. The van der Waals surface area contributed by atoms with E-state index < -0.39 is 23.2 Å². The van der Waals surface area contributed by atoms with Crippen LogP contribution in [-0.2, 0) is 10.3 Å². The number of alkyl halides is 3. The SMILES string of the molecule is COc1ccc2c(c1)C(OC)(C(F)(F)F)CN=C2C=Cc1ccc([N+](=O)[O-])cc1. The number of halogens is 3. The topological polar surface area (TPSA) is 74.0 Å². The van der Waals surface area contributed by atoms with Gasteiger partial charge in [-0.15, -0.1) is 0 Å². The van der Waals surface area contributed by atoms with Crippen molar-refractivity contribution in [1.82, 2.24) is 0 Å². The lowest BCUT2D eigenvalue weighted by molar-refractivity contribution is -0.384. The number of nitro benzene ring substituents is 1. The van der Waals surface area contributed by atoms with E-state index in [4.69, 9.17) is 9.47 Å². The highest BCUT2D eigenvalue weighted by Gasteiger charge is 2.59. The van der Waals surface area contributed by atoms with Gasteiger partial charge in [-0.25, -0.2) is 0 Å². The molecule has 0 N–H and O–H groups in total. The number of benzene rings is 2. The summed E-state index contributed by atoms with van der Waals surface area (Å²) in [6.45, 7) is -0.632. The molecular formula is C20H17F3N2O4. The first-order chi connectivity index (χ1) is 13.7. The second-order valence-electron chi connectivity index (χ2n) is 6.32. The minimum Gasteiger partial charge on any atom is -0.497 e. The van der Waals surface area contributed by atoms with Crippen LogP contribution >= 0.6 is 0 Å². The maximum Gasteiger partial charge on any atom is 0.423 e. The maximum atomic E-state index is 13.9. The number of allylic oxidation sites excluding steroid dienone is 1. The minimum absolute atomic E-state index is 0.0512. The molecule has 6 nitrogen and oxygen atoms in total. The van der Waals surface area contributed by atoms with Crippen LogP contribution in [0.4, 0.5) is 18.9 Å². The lowest BCUT2D eigenvalue weighted by atomic mass is 9.84. The van der Waals surface area contributed by atoms with Crippen molar-refractivity contribution in [3.63, 3.8) is 0 Å². The second-order valence-corrected chi connectivity index (χ2v) is 6.32. The minimum atomic E-state index is -4.68. The second kappa shape index (κ2) is 7.67. The number of non-ortho nitro benzene ring substituents is 1. The Balaban J connectivity index is 2.02. The Hall–Kier alpha value is -3.20. The Morgan fingerprint density at radius 3 is 2.38 bits per heavy atom. The third-order valence-corrected chi connectivity index (χ3v) is 4.75. The van der Waals surface area contributed by atoms with Crippen LogP contribution in [0.1, 0.15) is 16.7 Å². The van der Waals surface area contributed by atoms with Crippen LogP contribution in [0.2, 0.25) is 0 Å². The zero-order valence-corrected chi connectivity index (χ0v) is 15.6. The summed E-state index contributed by atoms with van der Waals surface area (Å²) in [7, 11) is 2.38. The van der Waals surface area contributed by atoms with E-state index >= 15 is 0 Å². The van der Waals surface area contributed by atoms with E-state index in [1.54, 1.807) is 30.4 Å². The zero-order chi connectivity index (χ0) is 21.2. The van der Waals surface area contributed by atoms with Crippen LogP contribution in [0.25, 0.3) is 6.08 Å². The molecule has 1 aliphatic heterocycles. The monoisotopic (exact) mass is 406 g/mol. The Morgan fingerprint density at radius 1 is 1.14 bits per heavy atom. The Morgan fingerprint density at radius 2 is 1.83 bits per heavy atom. The fraction of sp³-hybridized carbons (Fsp3) is 0.250. The van der Waals surface area contributed by atoms with E-state index in [1.807, 2.05) is 0 Å². The van der Waals surface area contributed by atoms with Crippen molar-refractivity contribution < 1.29 is 27.6 Å². The highest BCUT2D eigenvalue weighted by atomic mass is 19.4. The van der Waals surface area contributed by atoms with Gasteiger partial charge < -0.3 is 9.47 Å².